The molecule has 0 aromatic carbocycles. The molecule has 56 valence electrons. The minimum Gasteiger partial charge on any atom is -0.0620 e. The van der Waals surface area contributed by atoms with Gasteiger partial charge >= 0.3 is 0 Å². The van der Waals surface area contributed by atoms with Gasteiger partial charge in [-0.3, -0.25) is 0 Å². The Kier molecular flexibility index (Phi) is 0.898. The lowest BCUT2D eigenvalue weighted by molar-refractivity contribution is 0.115. The summed E-state index contributed by atoms with van der Waals surface area (Å²) in [5.74, 6) is 5.87. The zero-order valence-corrected chi connectivity index (χ0v) is 6.72. The van der Waals surface area contributed by atoms with E-state index in [0.29, 0.717) is 0 Å². The summed E-state index contributed by atoms with van der Waals surface area (Å²) in [7, 11) is 0. The van der Waals surface area contributed by atoms with Crippen molar-refractivity contribution < 1.29 is 0 Å². The highest BCUT2D eigenvalue weighted by Crippen LogP contribution is 2.63. The SMILES string of the molecule is CC1C2CCC2C2CCC12. The van der Waals surface area contributed by atoms with Crippen molar-refractivity contribution in [2.45, 2.75) is 32.6 Å². The summed E-state index contributed by atoms with van der Waals surface area (Å²) in [5.41, 5.74) is 0. The van der Waals surface area contributed by atoms with E-state index in [1.807, 2.05) is 0 Å². The first-order chi connectivity index (χ1) is 4.88. The Balaban J connectivity index is 1.90. The molecule has 3 fully saturated rings. The molecule has 0 heteroatoms. The van der Waals surface area contributed by atoms with Crippen LogP contribution in [-0.2, 0) is 0 Å². The maximum absolute atomic E-state index is 2.50. The van der Waals surface area contributed by atoms with Gasteiger partial charge in [-0.25, -0.2) is 0 Å². The molecule has 3 rings (SSSR count). The molecule has 3 aliphatic rings. The van der Waals surface area contributed by atoms with E-state index < -0.39 is 0 Å². The Morgan fingerprint density at radius 2 is 1.10 bits per heavy atom. The molecule has 0 radical (unpaired) electrons. The predicted molar refractivity (Wildman–Crippen MR) is 41.6 cm³/mol. The molecule has 0 N–H and O–H groups in total. The molecule has 0 spiro atoms. The van der Waals surface area contributed by atoms with Crippen LogP contribution in [0.2, 0.25) is 0 Å². The van der Waals surface area contributed by atoms with Crippen molar-refractivity contribution in [3.63, 3.8) is 0 Å². The van der Waals surface area contributed by atoms with E-state index in [2.05, 4.69) is 6.92 Å². The van der Waals surface area contributed by atoms with Crippen LogP contribution in [-0.4, -0.2) is 0 Å². The molecule has 0 amide bonds. The van der Waals surface area contributed by atoms with Crippen LogP contribution in [0.5, 0.6) is 0 Å². The van der Waals surface area contributed by atoms with Crippen LogP contribution < -0.4 is 0 Å². The highest BCUT2D eigenvalue weighted by molar-refractivity contribution is 5.04. The van der Waals surface area contributed by atoms with Gasteiger partial charge in [-0.2, -0.15) is 0 Å². The van der Waals surface area contributed by atoms with Crippen molar-refractivity contribution >= 4 is 0 Å². The quantitative estimate of drug-likeness (QED) is 0.480. The zero-order chi connectivity index (χ0) is 6.72. The van der Waals surface area contributed by atoms with Gasteiger partial charge in [0.05, 0.1) is 0 Å². The van der Waals surface area contributed by atoms with E-state index in [1.165, 1.54) is 23.7 Å². The lowest BCUT2D eigenvalue weighted by atomic mass is 9.67. The van der Waals surface area contributed by atoms with Crippen molar-refractivity contribution in [1.29, 1.82) is 0 Å². The lowest BCUT2D eigenvalue weighted by Gasteiger charge is -2.38. The Morgan fingerprint density at radius 1 is 0.700 bits per heavy atom. The van der Waals surface area contributed by atoms with Crippen LogP contribution in [0.25, 0.3) is 0 Å². The summed E-state index contributed by atoms with van der Waals surface area (Å²) in [6.07, 6.45) is 6.30. The number of fused-ring (bicyclic) bond motifs is 3. The second kappa shape index (κ2) is 1.60. The van der Waals surface area contributed by atoms with Gasteiger partial charge in [0.25, 0.3) is 0 Å². The van der Waals surface area contributed by atoms with Gasteiger partial charge in [-0.1, -0.05) is 6.92 Å². The van der Waals surface area contributed by atoms with Crippen LogP contribution >= 0.6 is 0 Å². The maximum Gasteiger partial charge on any atom is -0.0352 e. The molecule has 0 aliphatic heterocycles. The number of hydrogen-bond donors (Lipinski definition) is 0. The van der Waals surface area contributed by atoms with Crippen LogP contribution in [0.4, 0.5) is 0 Å². The summed E-state index contributed by atoms with van der Waals surface area (Å²) < 4.78 is 0. The van der Waals surface area contributed by atoms with E-state index in [4.69, 9.17) is 0 Å². The Bertz CT molecular complexity index is 116. The summed E-state index contributed by atoms with van der Waals surface area (Å²) in [5, 5.41) is 0. The average molecular weight is 136 g/mol. The van der Waals surface area contributed by atoms with Crippen molar-refractivity contribution in [2.24, 2.45) is 29.6 Å². The molecule has 4 atom stereocenters. The fraction of sp³-hybridized carbons (Fsp3) is 1.00. The van der Waals surface area contributed by atoms with Gasteiger partial charge in [0.15, 0.2) is 0 Å². The molecular weight excluding hydrogens is 120 g/mol. The molecule has 0 aromatic rings. The van der Waals surface area contributed by atoms with E-state index in [1.54, 1.807) is 25.7 Å². The molecule has 0 heterocycles. The predicted octanol–water partition coefficient (Wildman–Crippen LogP) is 2.69. The Labute approximate surface area is 63.0 Å². The summed E-state index contributed by atoms with van der Waals surface area (Å²) >= 11 is 0. The van der Waals surface area contributed by atoms with Gasteiger partial charge in [0, 0.05) is 0 Å². The average Bonchev–Trinajstić information content (AvgIpc) is 1.84. The van der Waals surface area contributed by atoms with E-state index in [9.17, 15) is 0 Å². The Hall–Kier alpha value is 0. The maximum atomic E-state index is 2.50. The first-order valence-corrected chi connectivity index (χ1v) is 4.88. The first kappa shape index (κ1) is 5.62. The highest BCUT2D eigenvalue weighted by atomic mass is 14.6. The molecule has 4 unspecified atom stereocenters. The van der Waals surface area contributed by atoms with Crippen molar-refractivity contribution in [2.75, 3.05) is 0 Å². The summed E-state index contributed by atoms with van der Waals surface area (Å²) in [6, 6.07) is 0. The third kappa shape index (κ3) is 0.436. The monoisotopic (exact) mass is 136 g/mol. The van der Waals surface area contributed by atoms with Gasteiger partial charge in [-0.05, 0) is 55.3 Å². The van der Waals surface area contributed by atoms with Crippen molar-refractivity contribution in [1.82, 2.24) is 0 Å². The van der Waals surface area contributed by atoms with Crippen molar-refractivity contribution in [3.05, 3.63) is 0 Å². The van der Waals surface area contributed by atoms with Gasteiger partial charge in [0.1, 0.15) is 0 Å². The molecular formula is C10H16. The van der Waals surface area contributed by atoms with Crippen LogP contribution in [0.3, 0.4) is 0 Å². The van der Waals surface area contributed by atoms with Crippen molar-refractivity contribution in [3.8, 4) is 0 Å². The number of rotatable bonds is 0. The largest absolute Gasteiger partial charge is 0.0620 e. The molecule has 0 aromatic heterocycles. The number of hydrogen-bond acceptors (Lipinski definition) is 0. The topological polar surface area (TPSA) is 0 Å². The van der Waals surface area contributed by atoms with Crippen LogP contribution in [0, 0.1) is 29.6 Å². The van der Waals surface area contributed by atoms with Gasteiger partial charge in [0.2, 0.25) is 0 Å². The fourth-order valence-corrected chi connectivity index (χ4v) is 3.79. The normalized spacial score (nSPS) is 63.9. The summed E-state index contributed by atoms with van der Waals surface area (Å²) in [4.78, 5) is 0. The minimum atomic E-state index is 1.11. The smallest absolute Gasteiger partial charge is 0.0352 e. The molecule has 3 aliphatic carbocycles. The molecule has 0 saturated heterocycles. The van der Waals surface area contributed by atoms with Crippen LogP contribution in [0.1, 0.15) is 32.6 Å². The second-order valence-corrected chi connectivity index (χ2v) is 4.67. The zero-order valence-electron chi connectivity index (χ0n) is 6.72. The highest BCUT2D eigenvalue weighted by Gasteiger charge is 2.55. The van der Waals surface area contributed by atoms with Gasteiger partial charge < -0.3 is 0 Å². The van der Waals surface area contributed by atoms with Gasteiger partial charge in [-0.15, -0.1) is 0 Å². The van der Waals surface area contributed by atoms with E-state index in [0.717, 1.165) is 5.92 Å². The molecule has 0 nitrogen and oxygen atoms in total. The molecule has 3 saturated carbocycles. The lowest BCUT2D eigenvalue weighted by Crippen LogP contribution is -2.29. The Morgan fingerprint density at radius 3 is 1.30 bits per heavy atom. The molecule has 10 heavy (non-hydrogen) atoms. The summed E-state index contributed by atoms with van der Waals surface area (Å²) in [6.45, 7) is 2.50. The minimum absolute atomic E-state index is 1.11. The fourth-order valence-electron chi connectivity index (χ4n) is 3.79. The standard InChI is InChI=1S/C10H16/c1-6-7-2-4-9(7)10-5-3-8(6)10/h6-10H,2-5H2,1H3. The second-order valence-electron chi connectivity index (χ2n) is 4.67. The third-order valence-electron chi connectivity index (χ3n) is 4.67. The molecule has 0 bridgehead atoms. The van der Waals surface area contributed by atoms with E-state index >= 15 is 0 Å². The van der Waals surface area contributed by atoms with E-state index in [-0.39, 0.29) is 0 Å². The third-order valence-corrected chi connectivity index (χ3v) is 4.67. The first-order valence-electron chi connectivity index (χ1n) is 4.88. The van der Waals surface area contributed by atoms with Crippen LogP contribution in [0.15, 0.2) is 0 Å².